The average molecular weight is 326 g/mol. The summed E-state index contributed by atoms with van der Waals surface area (Å²) in [6, 6.07) is 11.2. The number of anilines is 1. The molecule has 1 aliphatic rings. The summed E-state index contributed by atoms with van der Waals surface area (Å²) >= 11 is 0. The topological polar surface area (TPSA) is 49.4 Å². The lowest BCUT2D eigenvalue weighted by Crippen LogP contribution is -2.37. The molecule has 0 radical (unpaired) electrons. The third-order valence-corrected chi connectivity index (χ3v) is 4.35. The number of carbonyl (C=O) groups excluding carboxylic acids is 2. The molecule has 1 unspecified atom stereocenters. The fraction of sp³-hybridized carbons (Fsp3) is 0.263. The summed E-state index contributed by atoms with van der Waals surface area (Å²) in [5, 5.41) is 2.89. The first-order valence-corrected chi connectivity index (χ1v) is 7.88. The highest BCUT2D eigenvalue weighted by Crippen LogP contribution is 2.22. The van der Waals surface area contributed by atoms with E-state index in [9.17, 15) is 14.0 Å². The lowest BCUT2D eigenvalue weighted by molar-refractivity contribution is -0.117. The molecule has 2 aromatic rings. The smallest absolute Gasteiger partial charge is 0.251 e. The van der Waals surface area contributed by atoms with Crippen LogP contribution in [0, 0.1) is 19.7 Å². The number of nitrogens with zero attached hydrogens (tertiary/aromatic N) is 1. The average Bonchev–Trinajstić information content (AvgIpc) is 2.90. The number of carbonyl (C=O) groups is 2. The van der Waals surface area contributed by atoms with Gasteiger partial charge in [-0.15, -0.1) is 0 Å². The first-order valence-electron chi connectivity index (χ1n) is 7.88. The van der Waals surface area contributed by atoms with E-state index >= 15 is 0 Å². The first-order chi connectivity index (χ1) is 11.4. The Morgan fingerprint density at radius 2 is 1.96 bits per heavy atom. The van der Waals surface area contributed by atoms with Crippen LogP contribution in [0.1, 0.15) is 27.9 Å². The number of nitrogens with one attached hydrogen (secondary N) is 1. The quantitative estimate of drug-likeness (QED) is 0.943. The Kier molecular flexibility index (Phi) is 4.34. The monoisotopic (exact) mass is 326 g/mol. The summed E-state index contributed by atoms with van der Waals surface area (Å²) in [5.41, 5.74) is 3.27. The minimum atomic E-state index is -0.386. The van der Waals surface area contributed by atoms with E-state index in [0.29, 0.717) is 17.8 Å². The second-order valence-electron chi connectivity index (χ2n) is 6.16. The maximum Gasteiger partial charge on any atom is 0.251 e. The second kappa shape index (κ2) is 6.43. The second-order valence-corrected chi connectivity index (χ2v) is 6.16. The van der Waals surface area contributed by atoms with Crippen molar-refractivity contribution in [3.05, 3.63) is 65.0 Å². The van der Waals surface area contributed by atoms with Gasteiger partial charge in [-0.25, -0.2) is 4.39 Å². The van der Waals surface area contributed by atoms with Gasteiger partial charge >= 0.3 is 0 Å². The van der Waals surface area contributed by atoms with Gasteiger partial charge in [-0.1, -0.05) is 12.1 Å². The van der Waals surface area contributed by atoms with Crippen LogP contribution in [-0.2, 0) is 4.79 Å². The lowest BCUT2D eigenvalue weighted by Gasteiger charge is -2.17. The van der Waals surface area contributed by atoms with Crippen LogP contribution >= 0.6 is 0 Å². The molecule has 0 aliphatic carbocycles. The minimum Gasteiger partial charge on any atom is -0.347 e. The molecule has 2 aromatic carbocycles. The van der Waals surface area contributed by atoms with E-state index in [1.807, 2.05) is 26.0 Å². The molecular formula is C19H19FN2O2. The largest absolute Gasteiger partial charge is 0.347 e. The molecular weight excluding hydrogens is 307 g/mol. The Bertz CT molecular complexity index is 804. The van der Waals surface area contributed by atoms with Crippen LogP contribution < -0.4 is 10.2 Å². The fourth-order valence-electron chi connectivity index (χ4n) is 2.85. The third-order valence-electron chi connectivity index (χ3n) is 4.35. The van der Waals surface area contributed by atoms with E-state index in [2.05, 4.69) is 5.32 Å². The van der Waals surface area contributed by atoms with E-state index in [1.165, 1.54) is 17.0 Å². The number of hydrogen-bond donors (Lipinski definition) is 1. The number of amides is 2. The maximum atomic E-state index is 13.3. The van der Waals surface area contributed by atoms with Crippen LogP contribution in [0.4, 0.5) is 10.1 Å². The molecule has 1 atom stereocenters. The molecule has 124 valence electrons. The SMILES string of the molecule is Cc1ccc(C(=O)NC2CC(=O)N(c3cccc(F)c3)C2)cc1C. The molecule has 2 amide bonds. The van der Waals surface area contributed by atoms with Gasteiger partial charge in [0.1, 0.15) is 5.82 Å². The molecule has 0 aromatic heterocycles. The van der Waals surface area contributed by atoms with Crippen LogP contribution in [0.25, 0.3) is 0 Å². The Labute approximate surface area is 140 Å². The van der Waals surface area contributed by atoms with Crippen LogP contribution in [0.15, 0.2) is 42.5 Å². The standard InChI is InChI=1S/C19H19FN2O2/c1-12-6-7-14(8-13(12)2)19(24)21-16-10-18(23)22(11-16)17-5-3-4-15(20)9-17/h3-9,16H,10-11H2,1-2H3,(H,21,24). The predicted octanol–water partition coefficient (Wildman–Crippen LogP) is 2.98. The summed E-state index contributed by atoms with van der Waals surface area (Å²) < 4.78 is 13.3. The first kappa shape index (κ1) is 16.2. The highest BCUT2D eigenvalue weighted by molar-refractivity contribution is 5.99. The van der Waals surface area contributed by atoms with Crippen molar-refractivity contribution in [2.75, 3.05) is 11.4 Å². The van der Waals surface area contributed by atoms with Crippen molar-refractivity contribution in [3.8, 4) is 0 Å². The molecule has 3 rings (SSSR count). The van der Waals surface area contributed by atoms with Crippen molar-refractivity contribution in [3.63, 3.8) is 0 Å². The molecule has 1 aliphatic heterocycles. The van der Waals surface area contributed by atoms with Gasteiger partial charge in [-0.2, -0.15) is 0 Å². The number of rotatable bonds is 3. The van der Waals surface area contributed by atoms with Crippen molar-refractivity contribution in [2.45, 2.75) is 26.3 Å². The molecule has 1 N–H and O–H groups in total. The molecule has 0 saturated carbocycles. The number of halogens is 1. The molecule has 1 saturated heterocycles. The summed E-state index contributed by atoms with van der Waals surface area (Å²) in [6.07, 6.45) is 0.215. The maximum absolute atomic E-state index is 13.3. The van der Waals surface area contributed by atoms with Gasteiger partial charge in [-0.3, -0.25) is 9.59 Å². The summed E-state index contributed by atoms with van der Waals surface area (Å²) in [5.74, 6) is -0.703. The Morgan fingerprint density at radius 3 is 2.67 bits per heavy atom. The molecule has 4 nitrogen and oxygen atoms in total. The Balaban J connectivity index is 1.69. The fourth-order valence-corrected chi connectivity index (χ4v) is 2.85. The highest BCUT2D eigenvalue weighted by Gasteiger charge is 2.31. The van der Waals surface area contributed by atoms with E-state index in [1.54, 1.807) is 18.2 Å². The van der Waals surface area contributed by atoms with Crippen molar-refractivity contribution < 1.29 is 14.0 Å². The van der Waals surface area contributed by atoms with Crippen LogP contribution in [0.5, 0.6) is 0 Å². The Hall–Kier alpha value is -2.69. The van der Waals surface area contributed by atoms with Gasteiger partial charge in [0.2, 0.25) is 5.91 Å². The molecule has 1 fully saturated rings. The van der Waals surface area contributed by atoms with Crippen molar-refractivity contribution in [1.29, 1.82) is 0 Å². The molecule has 24 heavy (non-hydrogen) atoms. The van der Waals surface area contributed by atoms with Gasteiger partial charge < -0.3 is 10.2 Å². The number of aryl methyl sites for hydroxylation is 2. The van der Waals surface area contributed by atoms with Crippen LogP contribution in [-0.4, -0.2) is 24.4 Å². The summed E-state index contributed by atoms with van der Waals surface area (Å²) in [6.45, 7) is 4.29. The van der Waals surface area contributed by atoms with E-state index in [4.69, 9.17) is 0 Å². The highest BCUT2D eigenvalue weighted by atomic mass is 19.1. The predicted molar refractivity (Wildman–Crippen MR) is 90.5 cm³/mol. The van der Waals surface area contributed by atoms with Gasteiger partial charge in [0.15, 0.2) is 0 Å². The van der Waals surface area contributed by atoms with Gasteiger partial charge in [-0.05, 0) is 55.3 Å². The molecule has 0 bridgehead atoms. The summed E-state index contributed by atoms with van der Waals surface area (Å²) in [4.78, 5) is 26.0. The van der Waals surface area contributed by atoms with Crippen LogP contribution in [0.3, 0.4) is 0 Å². The normalized spacial score (nSPS) is 17.2. The summed E-state index contributed by atoms with van der Waals surface area (Å²) in [7, 11) is 0. The zero-order valence-corrected chi connectivity index (χ0v) is 13.7. The van der Waals surface area contributed by atoms with Gasteiger partial charge in [0.05, 0.1) is 6.04 Å². The Morgan fingerprint density at radius 1 is 1.17 bits per heavy atom. The van der Waals surface area contributed by atoms with Crippen molar-refractivity contribution >= 4 is 17.5 Å². The van der Waals surface area contributed by atoms with E-state index in [0.717, 1.165) is 11.1 Å². The lowest BCUT2D eigenvalue weighted by atomic mass is 10.1. The van der Waals surface area contributed by atoms with E-state index < -0.39 is 0 Å². The van der Waals surface area contributed by atoms with Crippen molar-refractivity contribution in [1.82, 2.24) is 5.32 Å². The minimum absolute atomic E-state index is 0.119. The molecule has 0 spiro atoms. The number of hydrogen-bond acceptors (Lipinski definition) is 2. The van der Waals surface area contributed by atoms with Gasteiger partial charge in [0, 0.05) is 24.2 Å². The molecule has 5 heteroatoms. The number of benzene rings is 2. The molecule has 1 heterocycles. The van der Waals surface area contributed by atoms with E-state index in [-0.39, 0.29) is 30.1 Å². The zero-order valence-electron chi connectivity index (χ0n) is 13.7. The third kappa shape index (κ3) is 3.30. The zero-order chi connectivity index (χ0) is 17.3. The van der Waals surface area contributed by atoms with Gasteiger partial charge in [0.25, 0.3) is 5.91 Å². The van der Waals surface area contributed by atoms with Crippen LogP contribution in [0.2, 0.25) is 0 Å². The van der Waals surface area contributed by atoms with Crippen molar-refractivity contribution in [2.24, 2.45) is 0 Å².